The molecule has 3 heterocycles. The first kappa shape index (κ1) is 66.3. The summed E-state index contributed by atoms with van der Waals surface area (Å²) in [5, 5.41) is 36.5. The SMILES string of the molecule is COC(=O)[C@H]1[C@@H](O)[C@@]2(O)c3c(OC)cc(O[C@@H]4O[C@@H](CCNC(=O)OCc5ccc(NC(=O)[C@H](CCCNC(N)=O)CC(=O)[C@@H](NC(=O)CCCCCN6C(=O)C=CC6=O)C(C)C)cc5)CO[C@H]4OC)cc3O[C@@]2(c2ccc(OC)cc2)[C@@H]1c1ccccc1. The van der Waals surface area contributed by atoms with Crippen LogP contribution in [0, 0.1) is 17.8 Å². The van der Waals surface area contributed by atoms with Crippen LogP contribution in [0.2, 0.25) is 0 Å². The summed E-state index contributed by atoms with van der Waals surface area (Å²) in [6.07, 6.45) is -0.564. The van der Waals surface area contributed by atoms with E-state index in [0.717, 1.165) is 4.90 Å². The number of fused-ring (bicyclic) bond motifs is 3. The number of alkyl carbamates (subject to hydrolysis) is 1. The topological polar surface area (TPSA) is 337 Å². The van der Waals surface area contributed by atoms with Crippen molar-refractivity contribution in [2.75, 3.05) is 60.0 Å². The summed E-state index contributed by atoms with van der Waals surface area (Å²) in [6, 6.07) is 23.7. The Kier molecular flexibility index (Phi) is 22.4. The van der Waals surface area contributed by atoms with Crippen molar-refractivity contribution in [3.63, 3.8) is 0 Å². The summed E-state index contributed by atoms with van der Waals surface area (Å²) in [5.74, 6) is -5.27. The summed E-state index contributed by atoms with van der Waals surface area (Å²) in [4.78, 5) is 103. The molecule has 0 bridgehead atoms. The average Bonchev–Trinajstić information content (AvgIpc) is 1.50. The second kappa shape index (κ2) is 30.1. The van der Waals surface area contributed by atoms with Gasteiger partial charge in [-0.25, -0.2) is 9.59 Å². The van der Waals surface area contributed by atoms with E-state index in [0.29, 0.717) is 53.8 Å². The van der Waals surface area contributed by atoms with Crippen LogP contribution in [0.5, 0.6) is 23.0 Å². The average molecular weight is 1240 g/mol. The number of hydrogen-bond donors (Lipinski definition) is 7. The van der Waals surface area contributed by atoms with Crippen LogP contribution in [-0.4, -0.2) is 148 Å². The van der Waals surface area contributed by atoms with Gasteiger partial charge in [0.25, 0.3) is 18.1 Å². The fourth-order valence-electron chi connectivity index (χ4n) is 11.9. The van der Waals surface area contributed by atoms with E-state index in [2.05, 4.69) is 21.3 Å². The van der Waals surface area contributed by atoms with Crippen LogP contribution < -0.4 is 45.9 Å². The number of ketones is 1. The Morgan fingerprint density at radius 3 is 2.19 bits per heavy atom. The zero-order valence-electron chi connectivity index (χ0n) is 50.6. The molecule has 8 rings (SSSR count). The second-order valence-electron chi connectivity index (χ2n) is 22.4. The maximum absolute atomic E-state index is 13.8. The van der Waals surface area contributed by atoms with Crippen LogP contribution in [0.4, 0.5) is 15.3 Å². The minimum Gasteiger partial charge on any atom is -0.497 e. The Bertz CT molecular complexity index is 3180. The number of unbranched alkanes of at least 4 members (excludes halogenated alkanes) is 2. The molecule has 3 aliphatic heterocycles. The molecule has 25 nitrogen and oxygen atoms in total. The van der Waals surface area contributed by atoms with Crippen LogP contribution >= 0.6 is 0 Å². The van der Waals surface area contributed by atoms with Crippen molar-refractivity contribution in [2.45, 2.75) is 120 Å². The normalized spacial score (nSPS) is 23.1. The highest BCUT2D eigenvalue weighted by Gasteiger charge is 2.78. The maximum Gasteiger partial charge on any atom is 0.407 e. The van der Waals surface area contributed by atoms with Crippen LogP contribution in [0.3, 0.4) is 0 Å². The number of aliphatic hydroxyl groups excluding tert-OH is 1. The van der Waals surface area contributed by atoms with E-state index in [1.54, 1.807) is 86.6 Å². The number of nitrogens with zero attached hydrogens (tertiary/aromatic N) is 1. The number of nitrogens with one attached hydrogen (secondary N) is 4. The van der Waals surface area contributed by atoms with Crippen molar-refractivity contribution in [1.82, 2.24) is 20.9 Å². The molecule has 0 radical (unpaired) electrons. The fourth-order valence-corrected chi connectivity index (χ4v) is 11.9. The minimum atomic E-state index is -2.32. The van der Waals surface area contributed by atoms with Crippen molar-refractivity contribution >= 4 is 53.2 Å². The summed E-state index contributed by atoms with van der Waals surface area (Å²) < 4.78 is 53.4. The molecule has 0 unspecified atom stereocenters. The second-order valence-corrected chi connectivity index (χ2v) is 22.4. The lowest BCUT2D eigenvalue weighted by molar-refractivity contribution is -0.312. The standard InChI is InChI=1S/C64H78N6O19/c1-37(2)55(69-49(72)17-11-8-12-31-70-50(73)26-27-51(70)74)46(71)32-40(16-13-29-66-61(65)78)57(76)68-42-22-18-38(19-23-42)35-86-62(79)67-30-28-44-36-85-59(84-6)60(87-44)88-45-33-47(82-4)54-48(34-45)89-64(41-20-24-43(81-3)25-21-41)53(39-14-9-7-10-15-39)52(58(77)83-5)56(75)63(54,64)80/h7,9-10,14-15,18-27,33-34,37,40,44,52-53,55-56,59-60,75,80H,8,11-13,16-17,28-32,35-36H2,1-6H3,(H,67,79)(H,68,76)(H,69,72)(H3,65,66,78)/t40-,44+,52-,53-,55+,56-,59-,60+,63+,64+/m1/s1. The molecule has 1 aliphatic carbocycles. The van der Waals surface area contributed by atoms with E-state index in [4.69, 9.17) is 48.4 Å². The highest BCUT2D eigenvalue weighted by atomic mass is 16.8. The molecule has 1 saturated carbocycles. The number of Topliss-reactive ketones (excluding diaryl/α,β-unsaturated/α-hetero) is 1. The molecule has 0 spiro atoms. The Morgan fingerprint density at radius 2 is 1.54 bits per heavy atom. The smallest absolute Gasteiger partial charge is 0.407 e. The molecular weight excluding hydrogens is 1160 g/mol. The Hall–Kier alpha value is -8.62. The minimum absolute atomic E-state index is 0.0635. The van der Waals surface area contributed by atoms with Gasteiger partial charge in [0.05, 0.1) is 51.6 Å². The monoisotopic (exact) mass is 1230 g/mol. The van der Waals surface area contributed by atoms with E-state index in [1.807, 2.05) is 6.07 Å². The van der Waals surface area contributed by atoms with Gasteiger partial charge >= 0.3 is 18.1 Å². The molecule has 4 aliphatic rings. The Morgan fingerprint density at radius 1 is 0.820 bits per heavy atom. The number of rotatable bonds is 30. The number of anilines is 1. The number of methoxy groups -OCH3 is 4. The number of primary amides is 1. The van der Waals surface area contributed by atoms with Crippen LogP contribution in [0.25, 0.3) is 0 Å². The van der Waals surface area contributed by atoms with Gasteiger partial charge in [-0.15, -0.1) is 0 Å². The van der Waals surface area contributed by atoms with Gasteiger partial charge in [-0.1, -0.05) is 74.9 Å². The largest absolute Gasteiger partial charge is 0.497 e. The van der Waals surface area contributed by atoms with Crippen molar-refractivity contribution in [3.05, 3.63) is 125 Å². The van der Waals surface area contributed by atoms with E-state index in [1.165, 1.54) is 52.7 Å². The molecular formula is C64H78N6O19. The first-order chi connectivity index (χ1) is 42.8. The number of nitrogens with two attached hydrogens (primary N) is 1. The van der Waals surface area contributed by atoms with Gasteiger partial charge in [0, 0.05) is 81.4 Å². The summed E-state index contributed by atoms with van der Waals surface area (Å²) in [7, 11) is 5.53. The number of amides is 7. The number of aliphatic hydroxyl groups is 2. The Balaban J connectivity index is 0.843. The Labute approximate surface area is 515 Å². The molecule has 25 heteroatoms. The zero-order valence-corrected chi connectivity index (χ0v) is 50.6. The number of urea groups is 1. The van der Waals surface area contributed by atoms with Crippen LogP contribution in [0.1, 0.15) is 93.4 Å². The lowest BCUT2D eigenvalue weighted by Gasteiger charge is -2.40. The number of benzene rings is 4. The lowest BCUT2D eigenvalue weighted by atomic mass is 9.70. The molecule has 2 fully saturated rings. The summed E-state index contributed by atoms with van der Waals surface area (Å²) in [5.41, 5.74) is 3.15. The molecule has 7 amide bonds. The van der Waals surface area contributed by atoms with E-state index in [9.17, 15) is 48.6 Å². The van der Waals surface area contributed by atoms with E-state index >= 15 is 0 Å². The predicted molar refractivity (Wildman–Crippen MR) is 318 cm³/mol. The molecule has 8 N–H and O–H groups in total. The number of carbonyl (C=O) groups excluding carboxylic acids is 8. The summed E-state index contributed by atoms with van der Waals surface area (Å²) >= 11 is 0. The maximum atomic E-state index is 13.8. The number of esters is 1. The third-order valence-electron chi connectivity index (χ3n) is 16.4. The number of imide groups is 1. The van der Waals surface area contributed by atoms with Crippen molar-refractivity contribution in [2.24, 2.45) is 23.5 Å². The first-order valence-corrected chi connectivity index (χ1v) is 29.5. The molecule has 478 valence electrons. The zero-order chi connectivity index (χ0) is 64.0. The van der Waals surface area contributed by atoms with E-state index in [-0.39, 0.29) is 111 Å². The highest BCUT2D eigenvalue weighted by Crippen LogP contribution is 2.70. The molecule has 10 atom stereocenters. The van der Waals surface area contributed by atoms with Gasteiger partial charge < -0.3 is 79.8 Å². The van der Waals surface area contributed by atoms with Crippen LogP contribution in [-0.2, 0) is 70.3 Å². The fraction of sp³-hybridized carbons (Fsp3) is 0.469. The third kappa shape index (κ3) is 15.1. The third-order valence-corrected chi connectivity index (χ3v) is 16.4. The molecule has 1 saturated heterocycles. The van der Waals surface area contributed by atoms with E-state index < -0.39 is 83.8 Å². The number of ether oxygens (including phenoxy) is 9. The summed E-state index contributed by atoms with van der Waals surface area (Å²) in [6.45, 7) is 4.05. The van der Waals surface area contributed by atoms with Gasteiger partial charge in [0.15, 0.2) is 17.0 Å². The van der Waals surface area contributed by atoms with Crippen LogP contribution in [0.15, 0.2) is 103 Å². The first-order valence-electron chi connectivity index (χ1n) is 29.5. The number of carbonyl (C=O) groups is 8. The molecule has 4 aromatic carbocycles. The lowest BCUT2D eigenvalue weighted by Crippen LogP contribution is -2.52. The van der Waals surface area contributed by atoms with Crippen molar-refractivity contribution in [3.8, 4) is 23.0 Å². The van der Waals surface area contributed by atoms with Gasteiger partial charge in [-0.05, 0) is 79.0 Å². The quantitative estimate of drug-likeness (QED) is 0.0202. The highest BCUT2D eigenvalue weighted by molar-refractivity contribution is 6.12. The molecule has 0 aromatic heterocycles. The predicted octanol–water partition coefficient (Wildman–Crippen LogP) is 5.12. The number of hydrogen-bond acceptors (Lipinski definition) is 19. The molecule has 89 heavy (non-hydrogen) atoms. The molecule has 4 aromatic rings. The van der Waals surface area contributed by atoms with Gasteiger partial charge in [0.1, 0.15) is 35.7 Å². The van der Waals surface area contributed by atoms with Gasteiger partial charge in [-0.3, -0.25) is 33.7 Å². The van der Waals surface area contributed by atoms with Gasteiger partial charge in [-0.2, -0.15) is 0 Å². The van der Waals surface area contributed by atoms with Gasteiger partial charge in [0.2, 0.25) is 18.1 Å². The van der Waals surface area contributed by atoms with Crippen molar-refractivity contribution < 1.29 is 91.2 Å². The van der Waals surface area contributed by atoms with Crippen molar-refractivity contribution in [1.29, 1.82) is 0 Å².